The van der Waals surface area contributed by atoms with E-state index in [4.69, 9.17) is 0 Å². The van der Waals surface area contributed by atoms with Gasteiger partial charge in [0.25, 0.3) is 5.91 Å². The molecule has 1 unspecified atom stereocenters. The maximum atomic E-state index is 12.3. The molecule has 0 radical (unpaired) electrons. The molecule has 1 aromatic rings. The van der Waals surface area contributed by atoms with E-state index in [9.17, 15) is 9.59 Å². The van der Waals surface area contributed by atoms with Crippen LogP contribution in [0, 0.1) is 0 Å². The van der Waals surface area contributed by atoms with Gasteiger partial charge in [0.05, 0.1) is 11.4 Å². The molecular weight excluding hydrogens is 278 g/mol. The molecule has 2 heterocycles. The second-order valence-corrected chi connectivity index (χ2v) is 6.06. The van der Waals surface area contributed by atoms with Gasteiger partial charge in [0.2, 0.25) is 5.91 Å². The van der Waals surface area contributed by atoms with E-state index in [0.29, 0.717) is 5.56 Å². The Labute approximate surface area is 131 Å². The van der Waals surface area contributed by atoms with E-state index in [0.717, 1.165) is 43.6 Å². The Kier molecular flexibility index (Phi) is 4.05. The summed E-state index contributed by atoms with van der Waals surface area (Å²) in [6.45, 7) is 5.04. The summed E-state index contributed by atoms with van der Waals surface area (Å²) in [6.07, 6.45) is 3.77. The van der Waals surface area contributed by atoms with E-state index in [1.165, 1.54) is 0 Å². The van der Waals surface area contributed by atoms with Crippen molar-refractivity contribution in [1.29, 1.82) is 0 Å². The molecule has 1 saturated heterocycles. The maximum absolute atomic E-state index is 12.3. The third-order valence-corrected chi connectivity index (χ3v) is 4.70. The van der Waals surface area contributed by atoms with Crippen LogP contribution in [0.15, 0.2) is 18.2 Å². The van der Waals surface area contributed by atoms with Crippen molar-refractivity contribution in [3.8, 4) is 0 Å². The second kappa shape index (κ2) is 5.99. The maximum Gasteiger partial charge on any atom is 0.251 e. The van der Waals surface area contributed by atoms with Gasteiger partial charge in [0.15, 0.2) is 0 Å². The molecule has 118 valence electrons. The minimum atomic E-state index is -0.0747. The molecule has 0 aromatic heterocycles. The van der Waals surface area contributed by atoms with Crippen molar-refractivity contribution in [3.63, 3.8) is 0 Å². The highest BCUT2D eigenvalue weighted by Crippen LogP contribution is 2.37. The van der Waals surface area contributed by atoms with Gasteiger partial charge in [0, 0.05) is 18.2 Å². The van der Waals surface area contributed by atoms with Crippen molar-refractivity contribution >= 4 is 23.2 Å². The molecule has 5 nitrogen and oxygen atoms in total. The highest BCUT2D eigenvalue weighted by molar-refractivity contribution is 6.06. The summed E-state index contributed by atoms with van der Waals surface area (Å²) in [7, 11) is 0. The van der Waals surface area contributed by atoms with Crippen LogP contribution in [0.5, 0.6) is 0 Å². The van der Waals surface area contributed by atoms with Crippen molar-refractivity contribution in [3.05, 3.63) is 23.8 Å². The number of amides is 2. The first-order valence-corrected chi connectivity index (χ1v) is 8.16. The summed E-state index contributed by atoms with van der Waals surface area (Å²) in [6, 6.07) is 5.75. The number of carbonyl (C=O) groups is 2. The number of nitrogens with one attached hydrogen (secondary N) is 2. The van der Waals surface area contributed by atoms with Crippen LogP contribution in [-0.2, 0) is 4.79 Å². The van der Waals surface area contributed by atoms with E-state index in [2.05, 4.69) is 29.4 Å². The number of rotatable bonds is 4. The minimum Gasteiger partial charge on any atom is -0.358 e. The average molecular weight is 301 g/mol. The molecule has 2 aliphatic heterocycles. The number of hydrogen-bond donors (Lipinski definition) is 2. The van der Waals surface area contributed by atoms with Gasteiger partial charge in [-0.15, -0.1) is 0 Å². The summed E-state index contributed by atoms with van der Waals surface area (Å²) in [5, 5.41) is 5.98. The largest absolute Gasteiger partial charge is 0.358 e. The summed E-state index contributed by atoms with van der Waals surface area (Å²) in [5.74, 6) is -0.0307. The molecule has 5 heteroatoms. The Hall–Kier alpha value is -2.04. The molecule has 1 aromatic carbocycles. The van der Waals surface area contributed by atoms with E-state index in [1.54, 1.807) is 6.07 Å². The zero-order valence-corrected chi connectivity index (χ0v) is 13.2. The zero-order chi connectivity index (χ0) is 15.7. The second-order valence-electron chi connectivity index (χ2n) is 6.06. The lowest BCUT2D eigenvalue weighted by Gasteiger charge is -2.33. The zero-order valence-electron chi connectivity index (χ0n) is 13.2. The quantitative estimate of drug-likeness (QED) is 0.898. The monoisotopic (exact) mass is 301 g/mol. The molecule has 2 aliphatic rings. The lowest BCUT2D eigenvalue weighted by Crippen LogP contribution is -2.44. The van der Waals surface area contributed by atoms with Crippen LogP contribution in [0.4, 0.5) is 11.4 Å². The topological polar surface area (TPSA) is 61.4 Å². The van der Waals surface area contributed by atoms with Crippen LogP contribution < -0.4 is 15.5 Å². The first kappa shape index (κ1) is 14.9. The van der Waals surface area contributed by atoms with Crippen molar-refractivity contribution < 1.29 is 9.59 Å². The molecule has 22 heavy (non-hydrogen) atoms. The van der Waals surface area contributed by atoms with Crippen molar-refractivity contribution in [2.45, 2.75) is 51.6 Å². The van der Waals surface area contributed by atoms with Gasteiger partial charge >= 0.3 is 0 Å². The predicted molar refractivity (Wildman–Crippen MR) is 87.3 cm³/mol. The summed E-state index contributed by atoms with van der Waals surface area (Å²) in [4.78, 5) is 26.6. The van der Waals surface area contributed by atoms with E-state index in [-0.39, 0.29) is 23.9 Å². The molecule has 0 aliphatic carbocycles. The number of anilines is 2. The molecule has 2 amide bonds. The smallest absolute Gasteiger partial charge is 0.251 e. The Morgan fingerprint density at radius 3 is 2.91 bits per heavy atom. The summed E-state index contributed by atoms with van der Waals surface area (Å²) < 4.78 is 0. The van der Waals surface area contributed by atoms with Crippen molar-refractivity contribution in [1.82, 2.24) is 5.32 Å². The van der Waals surface area contributed by atoms with Gasteiger partial charge in [-0.2, -0.15) is 0 Å². The molecule has 0 spiro atoms. The first-order chi connectivity index (χ1) is 10.6. The average Bonchev–Trinajstić information content (AvgIpc) is 3.02. The first-order valence-electron chi connectivity index (χ1n) is 8.16. The highest BCUT2D eigenvalue weighted by Gasteiger charge is 2.36. The molecule has 3 rings (SSSR count). The summed E-state index contributed by atoms with van der Waals surface area (Å²) >= 11 is 0. The van der Waals surface area contributed by atoms with E-state index < -0.39 is 0 Å². The van der Waals surface area contributed by atoms with Crippen LogP contribution in [0.25, 0.3) is 0 Å². The van der Waals surface area contributed by atoms with E-state index in [1.807, 2.05) is 12.1 Å². The van der Waals surface area contributed by atoms with Crippen LogP contribution >= 0.6 is 0 Å². The van der Waals surface area contributed by atoms with Gasteiger partial charge in [-0.25, -0.2) is 0 Å². The van der Waals surface area contributed by atoms with Gasteiger partial charge in [-0.1, -0.05) is 13.8 Å². The minimum absolute atomic E-state index is 0.0440. The molecule has 0 saturated carbocycles. The van der Waals surface area contributed by atoms with E-state index >= 15 is 0 Å². The molecule has 1 fully saturated rings. The Balaban J connectivity index is 1.84. The predicted octanol–water partition coefficient (Wildman–Crippen LogP) is 2.53. The third-order valence-electron chi connectivity index (χ3n) is 4.70. The van der Waals surface area contributed by atoms with Gasteiger partial charge < -0.3 is 15.5 Å². The normalized spacial score (nSPS) is 19.7. The number of fused-ring (bicyclic) bond motifs is 3. The lowest BCUT2D eigenvalue weighted by atomic mass is 10.1. The highest BCUT2D eigenvalue weighted by atomic mass is 16.2. The number of benzene rings is 1. The molecule has 2 N–H and O–H groups in total. The third kappa shape index (κ3) is 2.56. The summed E-state index contributed by atoms with van der Waals surface area (Å²) in [5.41, 5.74) is 2.38. The SMILES string of the molecule is CCC(CC)NC(=O)c1ccc2c(c1)NC(=O)C1CCCN21. The van der Waals surface area contributed by atoms with Crippen LogP contribution in [0.3, 0.4) is 0 Å². The molecule has 1 atom stereocenters. The van der Waals surface area contributed by atoms with Crippen molar-refractivity contribution in [2.24, 2.45) is 0 Å². The number of hydrogen-bond acceptors (Lipinski definition) is 3. The van der Waals surface area contributed by atoms with Gasteiger partial charge in [-0.3, -0.25) is 9.59 Å². The fraction of sp³-hybridized carbons (Fsp3) is 0.529. The Bertz CT molecular complexity index is 596. The van der Waals surface area contributed by atoms with Crippen LogP contribution in [-0.4, -0.2) is 30.4 Å². The number of carbonyl (C=O) groups excluding carboxylic acids is 2. The van der Waals surface area contributed by atoms with Gasteiger partial charge in [0.1, 0.15) is 6.04 Å². The fourth-order valence-electron chi connectivity index (χ4n) is 3.33. The van der Waals surface area contributed by atoms with Gasteiger partial charge in [-0.05, 0) is 43.9 Å². The fourth-order valence-corrected chi connectivity index (χ4v) is 3.33. The van der Waals surface area contributed by atoms with Crippen molar-refractivity contribution in [2.75, 3.05) is 16.8 Å². The number of nitrogens with zero attached hydrogens (tertiary/aromatic N) is 1. The van der Waals surface area contributed by atoms with Crippen LogP contribution in [0.1, 0.15) is 49.9 Å². The molecular formula is C17H23N3O2. The van der Waals surface area contributed by atoms with Crippen LogP contribution in [0.2, 0.25) is 0 Å². The Morgan fingerprint density at radius 1 is 1.41 bits per heavy atom. The lowest BCUT2D eigenvalue weighted by molar-refractivity contribution is -0.117. The molecule has 0 bridgehead atoms. The standard InChI is InChI=1S/C17H23N3O2/c1-3-12(4-2)18-16(21)11-7-8-14-13(10-11)19-17(22)15-6-5-9-20(14)15/h7-8,10,12,15H,3-6,9H2,1-2H3,(H,18,21)(H,19,22). The Morgan fingerprint density at radius 2 is 2.18 bits per heavy atom.